The SMILES string of the molecule is CC(CN)OCCCCl. The van der Waals surface area contributed by atoms with Crippen molar-refractivity contribution in [3.63, 3.8) is 0 Å². The molecule has 9 heavy (non-hydrogen) atoms. The zero-order valence-corrected chi connectivity index (χ0v) is 6.53. The van der Waals surface area contributed by atoms with Gasteiger partial charge >= 0.3 is 0 Å². The Morgan fingerprint density at radius 1 is 1.67 bits per heavy atom. The van der Waals surface area contributed by atoms with Crippen molar-refractivity contribution in [1.29, 1.82) is 0 Å². The third kappa shape index (κ3) is 6.09. The average molecular weight is 152 g/mol. The van der Waals surface area contributed by atoms with E-state index < -0.39 is 0 Å². The predicted octanol–water partition coefficient (Wildman–Crippen LogP) is 0.979. The summed E-state index contributed by atoms with van der Waals surface area (Å²) in [5.74, 6) is 0.664. The van der Waals surface area contributed by atoms with E-state index in [-0.39, 0.29) is 6.10 Å². The Hall–Kier alpha value is 0.210. The number of alkyl halides is 1. The van der Waals surface area contributed by atoms with Crippen LogP contribution >= 0.6 is 11.6 Å². The Bertz CT molecular complexity index is 61.0. The lowest BCUT2D eigenvalue weighted by Crippen LogP contribution is -2.20. The van der Waals surface area contributed by atoms with Crippen molar-refractivity contribution in [1.82, 2.24) is 0 Å². The van der Waals surface area contributed by atoms with Crippen molar-refractivity contribution in [3.8, 4) is 0 Å². The molecule has 0 aliphatic carbocycles. The molecule has 0 spiro atoms. The first-order chi connectivity index (χ1) is 4.31. The summed E-state index contributed by atoms with van der Waals surface area (Å²) in [5.41, 5.74) is 5.30. The first-order valence-corrected chi connectivity index (χ1v) is 3.72. The van der Waals surface area contributed by atoms with E-state index >= 15 is 0 Å². The van der Waals surface area contributed by atoms with Crippen LogP contribution in [0.2, 0.25) is 0 Å². The summed E-state index contributed by atoms with van der Waals surface area (Å²) in [6.07, 6.45) is 1.08. The van der Waals surface area contributed by atoms with Gasteiger partial charge in [-0.05, 0) is 13.3 Å². The molecule has 1 atom stereocenters. The molecule has 0 aliphatic heterocycles. The summed E-state index contributed by atoms with van der Waals surface area (Å²) in [7, 11) is 0. The van der Waals surface area contributed by atoms with Gasteiger partial charge in [0.15, 0.2) is 0 Å². The molecule has 0 aromatic heterocycles. The molecule has 0 aliphatic rings. The van der Waals surface area contributed by atoms with Crippen molar-refractivity contribution in [3.05, 3.63) is 0 Å². The van der Waals surface area contributed by atoms with E-state index in [2.05, 4.69) is 0 Å². The fourth-order valence-electron chi connectivity index (χ4n) is 0.407. The van der Waals surface area contributed by atoms with Gasteiger partial charge in [-0.25, -0.2) is 0 Å². The van der Waals surface area contributed by atoms with Crippen LogP contribution in [-0.2, 0) is 4.74 Å². The molecule has 2 nitrogen and oxygen atoms in total. The maximum atomic E-state index is 5.42. The lowest BCUT2D eigenvalue weighted by atomic mass is 10.4. The van der Waals surface area contributed by atoms with E-state index in [1.807, 2.05) is 6.92 Å². The minimum absolute atomic E-state index is 0.174. The molecule has 0 saturated carbocycles. The number of halogens is 1. The van der Waals surface area contributed by atoms with Crippen LogP contribution in [0.3, 0.4) is 0 Å². The molecule has 2 N–H and O–H groups in total. The third-order valence-corrected chi connectivity index (χ3v) is 1.28. The molecule has 0 fully saturated rings. The van der Waals surface area contributed by atoms with E-state index in [1.165, 1.54) is 0 Å². The van der Waals surface area contributed by atoms with Gasteiger partial charge in [0.05, 0.1) is 6.10 Å². The van der Waals surface area contributed by atoms with Gasteiger partial charge in [0, 0.05) is 19.0 Å². The number of nitrogens with two attached hydrogens (primary N) is 1. The number of rotatable bonds is 5. The molecule has 1 unspecified atom stereocenters. The predicted molar refractivity (Wildman–Crippen MR) is 39.8 cm³/mol. The van der Waals surface area contributed by atoms with E-state index in [0.717, 1.165) is 13.0 Å². The molecule has 0 rings (SSSR count). The minimum atomic E-state index is 0.174. The zero-order valence-electron chi connectivity index (χ0n) is 5.77. The molecule has 0 amide bonds. The van der Waals surface area contributed by atoms with E-state index in [4.69, 9.17) is 22.1 Å². The maximum Gasteiger partial charge on any atom is 0.0669 e. The lowest BCUT2D eigenvalue weighted by Gasteiger charge is -2.08. The fourth-order valence-corrected chi connectivity index (χ4v) is 0.516. The van der Waals surface area contributed by atoms with Gasteiger partial charge in [0.2, 0.25) is 0 Å². The third-order valence-electron chi connectivity index (χ3n) is 1.01. The van der Waals surface area contributed by atoms with Gasteiger partial charge in [-0.2, -0.15) is 0 Å². The monoisotopic (exact) mass is 151 g/mol. The molecule has 3 heteroatoms. The van der Waals surface area contributed by atoms with Gasteiger partial charge in [-0.3, -0.25) is 0 Å². The van der Waals surface area contributed by atoms with Gasteiger partial charge in [-0.15, -0.1) is 11.6 Å². The Balaban J connectivity index is 2.88. The first-order valence-electron chi connectivity index (χ1n) is 3.19. The molecule has 0 bridgehead atoms. The molecule has 0 radical (unpaired) electrons. The summed E-state index contributed by atoms with van der Waals surface area (Å²) in [6, 6.07) is 0. The Morgan fingerprint density at radius 3 is 2.78 bits per heavy atom. The number of ether oxygens (including phenoxy) is 1. The van der Waals surface area contributed by atoms with Gasteiger partial charge in [-0.1, -0.05) is 0 Å². The van der Waals surface area contributed by atoms with E-state index in [1.54, 1.807) is 0 Å². The average Bonchev–Trinajstić information content (AvgIpc) is 1.89. The highest BCUT2D eigenvalue weighted by atomic mass is 35.5. The van der Waals surface area contributed by atoms with Gasteiger partial charge < -0.3 is 10.5 Å². The summed E-state index contributed by atoms with van der Waals surface area (Å²) in [4.78, 5) is 0. The topological polar surface area (TPSA) is 35.2 Å². The smallest absolute Gasteiger partial charge is 0.0669 e. The van der Waals surface area contributed by atoms with Crippen LogP contribution < -0.4 is 5.73 Å². The first kappa shape index (κ1) is 9.21. The largest absolute Gasteiger partial charge is 0.377 e. The molecule has 56 valence electrons. The van der Waals surface area contributed by atoms with E-state index in [0.29, 0.717) is 12.4 Å². The fraction of sp³-hybridized carbons (Fsp3) is 1.00. The van der Waals surface area contributed by atoms with Crippen molar-refractivity contribution in [2.45, 2.75) is 19.4 Å². The van der Waals surface area contributed by atoms with Crippen LogP contribution in [0.25, 0.3) is 0 Å². The quantitative estimate of drug-likeness (QED) is 0.470. The van der Waals surface area contributed by atoms with E-state index in [9.17, 15) is 0 Å². The second-order valence-corrected chi connectivity index (χ2v) is 2.34. The van der Waals surface area contributed by atoms with Crippen LogP contribution in [0.4, 0.5) is 0 Å². The van der Waals surface area contributed by atoms with Gasteiger partial charge in [0.25, 0.3) is 0 Å². The van der Waals surface area contributed by atoms with Crippen molar-refractivity contribution in [2.24, 2.45) is 5.73 Å². The van der Waals surface area contributed by atoms with Gasteiger partial charge in [0.1, 0.15) is 0 Å². The highest BCUT2D eigenvalue weighted by molar-refractivity contribution is 6.17. The second-order valence-electron chi connectivity index (χ2n) is 1.96. The molecular weight excluding hydrogens is 138 g/mol. The maximum absolute atomic E-state index is 5.42. The van der Waals surface area contributed by atoms with Crippen LogP contribution in [-0.4, -0.2) is 25.1 Å². The van der Waals surface area contributed by atoms with Crippen molar-refractivity contribution >= 4 is 11.6 Å². The summed E-state index contributed by atoms with van der Waals surface area (Å²) >= 11 is 5.42. The van der Waals surface area contributed by atoms with Crippen molar-refractivity contribution < 1.29 is 4.74 Å². The number of hydrogen-bond donors (Lipinski definition) is 1. The molecule has 0 heterocycles. The van der Waals surface area contributed by atoms with Crippen LogP contribution in [0.15, 0.2) is 0 Å². The Kier molecular flexibility index (Phi) is 6.48. The standard InChI is InChI=1S/C6H14ClNO/c1-6(5-8)9-4-2-3-7/h6H,2-5,8H2,1H3. The second kappa shape index (κ2) is 6.33. The Labute approximate surface area is 61.3 Å². The molecule has 0 saturated heterocycles. The highest BCUT2D eigenvalue weighted by Crippen LogP contribution is 1.90. The normalized spacial score (nSPS) is 13.7. The lowest BCUT2D eigenvalue weighted by molar-refractivity contribution is 0.0728. The van der Waals surface area contributed by atoms with Crippen LogP contribution in [0.5, 0.6) is 0 Å². The summed E-state index contributed by atoms with van der Waals surface area (Å²) in [6.45, 7) is 3.26. The Morgan fingerprint density at radius 2 is 2.33 bits per heavy atom. The molecular formula is C6H14ClNO. The van der Waals surface area contributed by atoms with Crippen molar-refractivity contribution in [2.75, 3.05) is 19.0 Å². The van der Waals surface area contributed by atoms with Crippen LogP contribution in [0.1, 0.15) is 13.3 Å². The molecule has 0 aromatic carbocycles. The summed E-state index contributed by atoms with van der Waals surface area (Å²) in [5, 5.41) is 0. The molecule has 0 aromatic rings. The van der Waals surface area contributed by atoms with Crippen LogP contribution in [0, 0.1) is 0 Å². The zero-order chi connectivity index (χ0) is 7.11. The number of hydrogen-bond acceptors (Lipinski definition) is 2. The minimum Gasteiger partial charge on any atom is -0.377 e. The highest BCUT2D eigenvalue weighted by Gasteiger charge is 1.95. The summed E-state index contributed by atoms with van der Waals surface area (Å²) < 4.78 is 5.22.